The van der Waals surface area contributed by atoms with Gasteiger partial charge in [0.25, 0.3) is 5.91 Å². The highest BCUT2D eigenvalue weighted by atomic mass is 16.2. The van der Waals surface area contributed by atoms with Crippen LogP contribution in [0.5, 0.6) is 0 Å². The van der Waals surface area contributed by atoms with E-state index < -0.39 is 0 Å². The van der Waals surface area contributed by atoms with Gasteiger partial charge in [-0.05, 0) is 89.3 Å². The van der Waals surface area contributed by atoms with Crippen LogP contribution < -0.4 is 5.32 Å². The molecule has 1 aromatic heterocycles. The van der Waals surface area contributed by atoms with Gasteiger partial charge in [0.2, 0.25) is 0 Å². The fraction of sp³-hybridized carbons (Fsp3) is 0.739. The van der Waals surface area contributed by atoms with E-state index in [4.69, 9.17) is 0 Å². The molecule has 0 saturated heterocycles. The highest BCUT2D eigenvalue weighted by molar-refractivity contribution is 5.92. The first-order chi connectivity index (χ1) is 13.0. The summed E-state index contributed by atoms with van der Waals surface area (Å²) in [7, 11) is 2.39. The van der Waals surface area contributed by atoms with Crippen molar-refractivity contribution in [2.45, 2.75) is 88.3 Å². The van der Waals surface area contributed by atoms with Gasteiger partial charge in [-0.2, -0.15) is 0 Å². The molecule has 1 heterocycles. The number of hydrogen-bond donors (Lipinski definition) is 1. The minimum absolute atomic E-state index is 0.0144. The molecule has 1 aromatic rings. The van der Waals surface area contributed by atoms with Crippen molar-refractivity contribution in [3.05, 3.63) is 29.6 Å². The van der Waals surface area contributed by atoms with Crippen LogP contribution in [0.3, 0.4) is 0 Å². The summed E-state index contributed by atoms with van der Waals surface area (Å²) in [5.41, 5.74) is 1.78. The normalized spacial score (nSPS) is 37.9. The van der Waals surface area contributed by atoms with E-state index in [0.717, 1.165) is 30.0 Å². The number of carbonyl (C=O) groups excluding carboxylic acids is 1. The van der Waals surface area contributed by atoms with Crippen molar-refractivity contribution in [3.8, 4) is 0 Å². The third-order valence-electron chi connectivity index (χ3n) is 8.15. The average Bonchev–Trinajstić information content (AvgIpc) is 3.14. The van der Waals surface area contributed by atoms with Crippen LogP contribution in [0, 0.1) is 18.8 Å². The number of rotatable bonds is 4. The van der Waals surface area contributed by atoms with E-state index in [-0.39, 0.29) is 11.4 Å². The Labute approximate surface area is 163 Å². The van der Waals surface area contributed by atoms with E-state index in [2.05, 4.69) is 22.2 Å². The Morgan fingerprint density at radius 3 is 2.52 bits per heavy atom. The molecule has 0 spiro atoms. The van der Waals surface area contributed by atoms with Gasteiger partial charge in [0.1, 0.15) is 5.69 Å². The van der Waals surface area contributed by atoms with E-state index in [1.165, 1.54) is 57.8 Å². The molecule has 1 N–H and O–H groups in total. The van der Waals surface area contributed by atoms with Crippen molar-refractivity contribution >= 4 is 5.91 Å². The second-order valence-corrected chi connectivity index (χ2v) is 10.1. The monoisotopic (exact) mass is 367 g/mol. The number of carbonyl (C=O) groups is 1. The molecule has 5 aliphatic rings. The Bertz CT molecular complexity index is 725. The number of amides is 1. The van der Waals surface area contributed by atoms with Crippen molar-refractivity contribution in [2.75, 3.05) is 7.05 Å². The lowest BCUT2D eigenvalue weighted by Gasteiger charge is -2.65. The van der Waals surface area contributed by atoms with Crippen molar-refractivity contribution < 1.29 is 4.79 Å². The topological polar surface area (TPSA) is 45.2 Å². The predicted molar refractivity (Wildman–Crippen MR) is 107 cm³/mol. The first-order valence-corrected chi connectivity index (χ1v) is 11.0. The lowest BCUT2D eigenvalue weighted by Crippen LogP contribution is -2.70. The van der Waals surface area contributed by atoms with Crippen molar-refractivity contribution in [3.63, 3.8) is 0 Å². The molecule has 4 bridgehead atoms. The lowest BCUT2D eigenvalue weighted by atomic mass is 9.49. The molecule has 146 valence electrons. The van der Waals surface area contributed by atoms with Gasteiger partial charge in [-0.3, -0.25) is 9.69 Å². The fourth-order valence-electron chi connectivity index (χ4n) is 7.43. The van der Waals surface area contributed by atoms with Crippen molar-refractivity contribution in [1.29, 1.82) is 0 Å². The molecule has 0 radical (unpaired) electrons. The molecule has 1 amide bonds. The maximum atomic E-state index is 13.0. The summed E-state index contributed by atoms with van der Waals surface area (Å²) in [6.07, 6.45) is 13.0. The summed E-state index contributed by atoms with van der Waals surface area (Å²) in [5.74, 6) is 1.58. The number of hydrogen-bond acceptors (Lipinski definition) is 3. The van der Waals surface area contributed by atoms with E-state index in [9.17, 15) is 4.79 Å². The molecule has 5 fully saturated rings. The zero-order valence-corrected chi connectivity index (χ0v) is 16.8. The van der Waals surface area contributed by atoms with Crippen LogP contribution in [0.2, 0.25) is 0 Å². The summed E-state index contributed by atoms with van der Waals surface area (Å²) in [6.45, 7) is 1.95. The number of aryl methyl sites for hydroxylation is 1. The second-order valence-electron chi connectivity index (χ2n) is 10.1. The third-order valence-corrected chi connectivity index (χ3v) is 8.15. The molecule has 27 heavy (non-hydrogen) atoms. The summed E-state index contributed by atoms with van der Waals surface area (Å²) in [6, 6.07) is 6.50. The standard InChI is InChI=1S/C23H33N3O/c1-16-6-5-9-20(24-16)21(27)25-22-11-17-10-18(12-22)14-23(13-17,15-22)26(2)19-7-3-4-8-19/h5-6,9,17-19H,3-4,7-8,10-15H2,1-2H3,(H,25,27). The van der Waals surface area contributed by atoms with Crippen LogP contribution >= 0.6 is 0 Å². The molecule has 6 rings (SSSR count). The molecule has 5 saturated carbocycles. The summed E-state index contributed by atoms with van der Waals surface area (Å²) in [4.78, 5) is 20.3. The van der Waals surface area contributed by atoms with Crippen molar-refractivity contribution in [2.24, 2.45) is 11.8 Å². The van der Waals surface area contributed by atoms with Gasteiger partial charge in [0.05, 0.1) is 0 Å². The highest BCUT2D eigenvalue weighted by Gasteiger charge is 2.60. The molecule has 2 unspecified atom stereocenters. The van der Waals surface area contributed by atoms with E-state index >= 15 is 0 Å². The van der Waals surface area contributed by atoms with E-state index in [0.29, 0.717) is 11.2 Å². The first kappa shape index (κ1) is 17.7. The number of nitrogens with one attached hydrogen (secondary N) is 1. The Morgan fingerprint density at radius 1 is 1.15 bits per heavy atom. The van der Waals surface area contributed by atoms with Crippen LogP contribution in [0.4, 0.5) is 0 Å². The summed E-state index contributed by atoms with van der Waals surface area (Å²) >= 11 is 0. The lowest BCUT2D eigenvalue weighted by molar-refractivity contribution is -0.110. The molecule has 0 aliphatic heterocycles. The number of aromatic nitrogens is 1. The minimum atomic E-state index is -0.0144. The highest BCUT2D eigenvalue weighted by Crippen LogP contribution is 2.60. The van der Waals surface area contributed by atoms with Crippen LogP contribution in [0.25, 0.3) is 0 Å². The Balaban J connectivity index is 1.40. The second kappa shape index (κ2) is 6.30. The zero-order chi connectivity index (χ0) is 18.6. The molecular weight excluding hydrogens is 334 g/mol. The van der Waals surface area contributed by atoms with Gasteiger partial charge >= 0.3 is 0 Å². The van der Waals surface area contributed by atoms with Crippen LogP contribution in [-0.2, 0) is 0 Å². The summed E-state index contributed by atoms with van der Waals surface area (Å²) in [5, 5.41) is 3.51. The number of nitrogens with zero attached hydrogens (tertiary/aromatic N) is 2. The third kappa shape index (κ3) is 3.00. The molecule has 4 nitrogen and oxygen atoms in total. The maximum absolute atomic E-state index is 13.0. The minimum Gasteiger partial charge on any atom is -0.345 e. The molecule has 2 atom stereocenters. The summed E-state index contributed by atoms with van der Waals surface area (Å²) < 4.78 is 0. The smallest absolute Gasteiger partial charge is 0.270 e. The van der Waals surface area contributed by atoms with Crippen molar-refractivity contribution in [1.82, 2.24) is 15.2 Å². The zero-order valence-electron chi connectivity index (χ0n) is 16.8. The Hall–Kier alpha value is -1.42. The molecule has 5 aliphatic carbocycles. The fourth-order valence-corrected chi connectivity index (χ4v) is 7.43. The Kier molecular flexibility index (Phi) is 4.12. The van der Waals surface area contributed by atoms with Gasteiger partial charge < -0.3 is 5.32 Å². The molecule has 0 aromatic carbocycles. The number of pyridine rings is 1. The van der Waals surface area contributed by atoms with Gasteiger partial charge in [-0.15, -0.1) is 0 Å². The predicted octanol–water partition coefficient (Wildman–Crippen LogP) is 4.09. The molecule has 4 heteroatoms. The first-order valence-electron chi connectivity index (χ1n) is 11.0. The quantitative estimate of drug-likeness (QED) is 0.872. The molecular formula is C23H33N3O. The van der Waals surface area contributed by atoms with Crippen LogP contribution in [0.15, 0.2) is 18.2 Å². The van der Waals surface area contributed by atoms with Gasteiger partial charge in [0, 0.05) is 22.8 Å². The largest absolute Gasteiger partial charge is 0.345 e. The van der Waals surface area contributed by atoms with E-state index in [1.807, 2.05) is 25.1 Å². The van der Waals surface area contributed by atoms with Gasteiger partial charge in [-0.25, -0.2) is 4.98 Å². The van der Waals surface area contributed by atoms with Gasteiger partial charge in [-0.1, -0.05) is 18.9 Å². The average molecular weight is 368 g/mol. The van der Waals surface area contributed by atoms with Gasteiger partial charge in [0.15, 0.2) is 0 Å². The SMILES string of the molecule is Cc1cccc(C(=O)NC23CC4CC(C2)CC(N(C)C2CCCC2)(C4)C3)n1. The van der Waals surface area contributed by atoms with Crippen LogP contribution in [-0.4, -0.2) is 40.0 Å². The maximum Gasteiger partial charge on any atom is 0.270 e. The Morgan fingerprint density at radius 2 is 1.85 bits per heavy atom. The van der Waals surface area contributed by atoms with Crippen LogP contribution in [0.1, 0.15) is 80.4 Å². The van der Waals surface area contributed by atoms with E-state index in [1.54, 1.807) is 0 Å².